The molecule has 1 fully saturated rings. The van der Waals surface area contributed by atoms with Crippen molar-refractivity contribution in [3.05, 3.63) is 82.9 Å². The van der Waals surface area contributed by atoms with E-state index in [0.29, 0.717) is 22.9 Å². The predicted octanol–water partition coefficient (Wildman–Crippen LogP) is 5.71. The molecule has 0 aromatic heterocycles. The first-order valence-corrected chi connectivity index (χ1v) is 12.7. The number of benzene rings is 3. The summed E-state index contributed by atoms with van der Waals surface area (Å²) < 4.78 is 33.9. The number of carbonyl (C=O) groups is 1. The third-order valence-electron chi connectivity index (χ3n) is 5.78. The van der Waals surface area contributed by atoms with Crippen LogP contribution in [-0.4, -0.2) is 19.2 Å². The van der Waals surface area contributed by atoms with Crippen LogP contribution in [0.5, 0.6) is 11.5 Å². The number of nitro benzene ring substituents is 1. The monoisotopic (exact) mass is 495 g/mol. The van der Waals surface area contributed by atoms with Crippen molar-refractivity contribution in [3.8, 4) is 11.5 Å². The van der Waals surface area contributed by atoms with Crippen LogP contribution in [-0.2, 0) is 14.8 Å². The number of nitro groups is 1. The van der Waals surface area contributed by atoms with Crippen LogP contribution >= 0.6 is 0 Å². The molecule has 3 aromatic carbocycles. The topological polar surface area (TPSA) is 128 Å². The van der Waals surface area contributed by atoms with Crippen molar-refractivity contribution >= 4 is 33.0 Å². The molecule has 1 aliphatic carbocycles. The van der Waals surface area contributed by atoms with E-state index in [1.165, 1.54) is 48.5 Å². The Balaban J connectivity index is 1.40. The first kappa shape index (κ1) is 24.2. The number of rotatable bonds is 8. The van der Waals surface area contributed by atoms with E-state index in [4.69, 9.17) is 4.74 Å². The second-order valence-corrected chi connectivity index (χ2v) is 10.0. The number of anilines is 2. The minimum Gasteiger partial charge on any atom is -0.457 e. The van der Waals surface area contributed by atoms with Crippen molar-refractivity contribution < 1.29 is 22.9 Å². The summed E-state index contributed by atoms with van der Waals surface area (Å²) in [6.45, 7) is 0. The molecular formula is C25H25N3O6S. The number of non-ortho nitro benzene ring substituents is 1. The van der Waals surface area contributed by atoms with Crippen molar-refractivity contribution in [2.45, 2.75) is 37.0 Å². The summed E-state index contributed by atoms with van der Waals surface area (Å²) in [5.74, 6) is 0.728. The number of amides is 1. The average molecular weight is 496 g/mol. The van der Waals surface area contributed by atoms with E-state index in [9.17, 15) is 23.3 Å². The molecule has 0 spiro atoms. The van der Waals surface area contributed by atoms with Crippen LogP contribution in [0.2, 0.25) is 0 Å². The van der Waals surface area contributed by atoms with Crippen LogP contribution in [0.4, 0.5) is 17.1 Å². The lowest BCUT2D eigenvalue weighted by Crippen LogP contribution is -2.24. The van der Waals surface area contributed by atoms with Gasteiger partial charge in [-0.25, -0.2) is 8.42 Å². The number of ether oxygens (including phenoxy) is 1. The fourth-order valence-electron chi connectivity index (χ4n) is 3.94. The lowest BCUT2D eigenvalue weighted by atomic mass is 9.88. The fourth-order valence-corrected chi connectivity index (χ4v) is 4.99. The quantitative estimate of drug-likeness (QED) is 0.304. The first-order chi connectivity index (χ1) is 16.8. The van der Waals surface area contributed by atoms with Gasteiger partial charge >= 0.3 is 0 Å². The van der Waals surface area contributed by atoms with Crippen molar-refractivity contribution in [3.63, 3.8) is 0 Å². The van der Waals surface area contributed by atoms with Gasteiger partial charge in [-0.1, -0.05) is 25.3 Å². The highest BCUT2D eigenvalue weighted by Gasteiger charge is 2.21. The Morgan fingerprint density at radius 1 is 0.886 bits per heavy atom. The number of sulfonamides is 1. The molecule has 0 atom stereocenters. The van der Waals surface area contributed by atoms with Gasteiger partial charge < -0.3 is 10.1 Å². The second-order valence-electron chi connectivity index (χ2n) is 8.33. The molecule has 0 heterocycles. The van der Waals surface area contributed by atoms with Crippen molar-refractivity contribution in [1.29, 1.82) is 0 Å². The molecule has 0 saturated heterocycles. The summed E-state index contributed by atoms with van der Waals surface area (Å²) in [5.41, 5.74) is 0.813. The van der Waals surface area contributed by atoms with Gasteiger partial charge in [0.15, 0.2) is 0 Å². The first-order valence-electron chi connectivity index (χ1n) is 11.3. The highest BCUT2D eigenvalue weighted by Crippen LogP contribution is 2.27. The van der Waals surface area contributed by atoms with Crippen molar-refractivity contribution in [2.75, 3.05) is 10.0 Å². The average Bonchev–Trinajstić information content (AvgIpc) is 2.85. The standard InChI is InChI=1S/C25H25N3O6S/c29-25(18-5-2-1-3-6-18)26-19-7-4-8-20(17-19)27-35(32,33)24-15-13-23(14-16-24)34-22-11-9-21(10-12-22)28(30)31/h4,7-18,27H,1-3,5-6H2,(H,26,29). The van der Waals surface area contributed by atoms with Crippen LogP contribution < -0.4 is 14.8 Å². The van der Waals surface area contributed by atoms with Gasteiger partial charge in [0.2, 0.25) is 5.91 Å². The fraction of sp³-hybridized carbons (Fsp3) is 0.240. The molecule has 1 amide bonds. The Morgan fingerprint density at radius 2 is 1.49 bits per heavy atom. The van der Waals surface area contributed by atoms with Crippen LogP contribution in [0.15, 0.2) is 77.7 Å². The third kappa shape index (κ3) is 6.36. The molecule has 35 heavy (non-hydrogen) atoms. The summed E-state index contributed by atoms with van der Waals surface area (Å²) in [6.07, 6.45) is 5.01. The molecule has 1 aliphatic rings. The summed E-state index contributed by atoms with van der Waals surface area (Å²) in [5, 5.41) is 13.6. The maximum atomic E-state index is 12.9. The highest BCUT2D eigenvalue weighted by molar-refractivity contribution is 7.92. The third-order valence-corrected chi connectivity index (χ3v) is 7.17. The van der Waals surface area contributed by atoms with E-state index in [1.807, 2.05) is 0 Å². The number of nitrogens with zero attached hydrogens (tertiary/aromatic N) is 1. The maximum Gasteiger partial charge on any atom is 0.269 e. The zero-order chi connectivity index (χ0) is 24.8. The van der Waals surface area contributed by atoms with Gasteiger partial charge in [0.05, 0.1) is 15.5 Å². The minimum absolute atomic E-state index is 0.00386. The van der Waals surface area contributed by atoms with Crippen LogP contribution in [0.3, 0.4) is 0 Å². The van der Waals surface area contributed by atoms with E-state index in [-0.39, 0.29) is 22.4 Å². The molecular weight excluding hydrogens is 470 g/mol. The molecule has 0 aliphatic heterocycles. The number of hydrogen-bond acceptors (Lipinski definition) is 6. The molecule has 0 radical (unpaired) electrons. The number of nitrogens with one attached hydrogen (secondary N) is 2. The molecule has 10 heteroatoms. The van der Waals surface area contributed by atoms with E-state index >= 15 is 0 Å². The minimum atomic E-state index is -3.88. The lowest BCUT2D eigenvalue weighted by molar-refractivity contribution is -0.384. The summed E-state index contributed by atoms with van der Waals surface area (Å²) >= 11 is 0. The molecule has 2 N–H and O–H groups in total. The molecule has 1 saturated carbocycles. The van der Waals surface area contributed by atoms with Gasteiger partial charge in [0, 0.05) is 23.7 Å². The van der Waals surface area contributed by atoms with E-state index in [2.05, 4.69) is 10.0 Å². The number of hydrogen-bond donors (Lipinski definition) is 2. The molecule has 0 bridgehead atoms. The van der Waals surface area contributed by atoms with E-state index in [1.54, 1.807) is 24.3 Å². The van der Waals surface area contributed by atoms with Gasteiger partial charge in [-0.3, -0.25) is 19.6 Å². The van der Waals surface area contributed by atoms with Gasteiger partial charge in [-0.15, -0.1) is 0 Å². The van der Waals surface area contributed by atoms with Crippen molar-refractivity contribution in [2.24, 2.45) is 5.92 Å². The van der Waals surface area contributed by atoms with Gasteiger partial charge in [0.1, 0.15) is 11.5 Å². The largest absolute Gasteiger partial charge is 0.457 e. The smallest absolute Gasteiger partial charge is 0.269 e. The SMILES string of the molecule is O=C(Nc1cccc(NS(=O)(=O)c2ccc(Oc3ccc([N+](=O)[O-])cc3)cc2)c1)C1CCCCC1. The van der Waals surface area contributed by atoms with Gasteiger partial charge in [-0.2, -0.15) is 0 Å². The van der Waals surface area contributed by atoms with Crippen molar-refractivity contribution in [1.82, 2.24) is 0 Å². The zero-order valence-corrected chi connectivity index (χ0v) is 19.7. The molecule has 182 valence electrons. The number of carbonyl (C=O) groups excluding carboxylic acids is 1. The Bertz CT molecular complexity index is 1300. The second kappa shape index (κ2) is 10.6. The lowest BCUT2D eigenvalue weighted by Gasteiger charge is -2.21. The zero-order valence-electron chi connectivity index (χ0n) is 18.8. The summed E-state index contributed by atoms with van der Waals surface area (Å²) in [6, 6.07) is 18.0. The normalized spacial score (nSPS) is 14.2. The van der Waals surface area contributed by atoms with Gasteiger partial charge in [0.25, 0.3) is 15.7 Å². The van der Waals surface area contributed by atoms with Crippen LogP contribution in [0.25, 0.3) is 0 Å². The Morgan fingerprint density at radius 3 is 2.11 bits per heavy atom. The predicted molar refractivity (Wildman–Crippen MR) is 132 cm³/mol. The summed E-state index contributed by atoms with van der Waals surface area (Å²) in [4.78, 5) is 22.8. The Hall–Kier alpha value is -3.92. The molecule has 4 rings (SSSR count). The molecule has 0 unspecified atom stereocenters. The highest BCUT2D eigenvalue weighted by atomic mass is 32.2. The maximum absolute atomic E-state index is 12.9. The Labute approximate surface area is 203 Å². The molecule has 3 aromatic rings. The van der Waals surface area contributed by atoms with Crippen LogP contribution in [0.1, 0.15) is 32.1 Å². The van der Waals surface area contributed by atoms with Gasteiger partial charge in [-0.05, 0) is 67.4 Å². The molecule has 9 nitrogen and oxygen atoms in total. The Kier molecular flexibility index (Phi) is 7.31. The van der Waals surface area contributed by atoms with E-state index < -0.39 is 14.9 Å². The van der Waals surface area contributed by atoms with Crippen LogP contribution in [0, 0.1) is 16.0 Å². The van der Waals surface area contributed by atoms with E-state index in [0.717, 1.165) is 32.1 Å². The summed E-state index contributed by atoms with van der Waals surface area (Å²) in [7, 11) is -3.88.